The molecule has 3 aromatic carbocycles. The zero-order valence-corrected chi connectivity index (χ0v) is 42.7. The van der Waals surface area contributed by atoms with Gasteiger partial charge in [0.15, 0.2) is 11.7 Å². The first-order chi connectivity index (χ1) is 34.7. The van der Waals surface area contributed by atoms with Crippen LogP contribution < -0.4 is 5.32 Å². The Morgan fingerprint density at radius 2 is 1.49 bits per heavy atom. The van der Waals surface area contributed by atoms with Crippen molar-refractivity contribution in [2.24, 2.45) is 22.7 Å². The molecule has 19 heteroatoms. The molecule has 392 valence electrons. The average molecular weight is 1030 g/mol. The molecule has 2 bridgehead atoms. The first kappa shape index (κ1) is 54.6. The molecule has 1 amide bonds. The molecule has 0 spiro atoms. The van der Waals surface area contributed by atoms with Gasteiger partial charge in [0, 0.05) is 42.4 Å². The minimum Gasteiger partial charge on any atom is -0.456 e. The van der Waals surface area contributed by atoms with Crippen molar-refractivity contribution in [2.45, 2.75) is 109 Å². The molecule has 11 atom stereocenters. The van der Waals surface area contributed by atoms with Gasteiger partial charge in [-0.25, -0.2) is 14.4 Å². The fourth-order valence-corrected chi connectivity index (χ4v) is 11.6. The molecule has 3 aliphatic carbocycles. The highest BCUT2D eigenvalue weighted by atomic mass is 32.2. The topological polar surface area (TPSA) is 246 Å². The Morgan fingerprint density at radius 1 is 0.863 bits per heavy atom. The van der Waals surface area contributed by atoms with Gasteiger partial charge in [-0.2, -0.15) is 11.8 Å². The summed E-state index contributed by atoms with van der Waals surface area (Å²) in [6.45, 7) is 8.55. The highest BCUT2D eigenvalue weighted by Gasteiger charge is 2.78. The molecule has 7 rings (SSSR count). The van der Waals surface area contributed by atoms with E-state index in [9.17, 15) is 39.0 Å². The maximum atomic E-state index is 15.9. The van der Waals surface area contributed by atoms with E-state index < -0.39 is 125 Å². The molecule has 3 aromatic rings. The standard InChI is InChI=1S/C54H63NO17S/c1-31-37(69-49(62)43(58)42(34-17-11-8-12-18-34)55-47(60)35-19-13-9-14-20-35)28-54(64)46(71-48(61)36-21-15-10-16-22-36)44-52(6,45(59)32(2)41(31)51(54,4)5)38(27-39-53(44,29-66-39)72-33(3)56)70-50(63)68-30-67-40(57)23-24-65-25-26-73-7/h8-22,32,37-39,42-44,46,58,64H,23-30H2,1-7H3,(H,55,60)/t32-,37+,38+,39?,42+,43-,44+,46+,52-,53+,54-/m1/s1. The van der Waals surface area contributed by atoms with E-state index in [-0.39, 0.29) is 42.8 Å². The van der Waals surface area contributed by atoms with Crippen LogP contribution in [0.3, 0.4) is 0 Å². The van der Waals surface area contributed by atoms with Crippen molar-refractivity contribution >= 4 is 53.5 Å². The van der Waals surface area contributed by atoms with Crippen LogP contribution in [0.15, 0.2) is 102 Å². The number of carbonyl (C=O) groups is 7. The van der Waals surface area contributed by atoms with E-state index in [0.717, 1.165) is 12.7 Å². The molecule has 0 aromatic heterocycles. The molecule has 4 aliphatic rings. The van der Waals surface area contributed by atoms with Gasteiger partial charge in [-0.3, -0.25) is 19.2 Å². The van der Waals surface area contributed by atoms with Crippen LogP contribution in [0.25, 0.3) is 0 Å². The number of carbonyl (C=O) groups excluding carboxylic acids is 7. The van der Waals surface area contributed by atoms with Crippen molar-refractivity contribution in [2.75, 3.05) is 38.6 Å². The molecule has 18 nitrogen and oxygen atoms in total. The molecule has 1 unspecified atom stereocenters. The van der Waals surface area contributed by atoms with Gasteiger partial charge in [0.25, 0.3) is 5.91 Å². The van der Waals surface area contributed by atoms with Crippen molar-refractivity contribution in [3.63, 3.8) is 0 Å². The third-order valence-electron chi connectivity index (χ3n) is 15.0. The minimum absolute atomic E-state index is 0.0573. The van der Waals surface area contributed by atoms with Crippen molar-refractivity contribution in [3.8, 4) is 0 Å². The Morgan fingerprint density at radius 3 is 2.10 bits per heavy atom. The fourth-order valence-electron chi connectivity index (χ4n) is 11.4. The number of hydrogen-bond acceptors (Lipinski definition) is 18. The number of fused-ring (bicyclic) bond motifs is 5. The van der Waals surface area contributed by atoms with Gasteiger partial charge < -0.3 is 53.4 Å². The summed E-state index contributed by atoms with van der Waals surface area (Å²) in [5.74, 6) is -6.80. The van der Waals surface area contributed by atoms with Gasteiger partial charge in [0.05, 0.1) is 49.2 Å². The monoisotopic (exact) mass is 1030 g/mol. The van der Waals surface area contributed by atoms with E-state index in [2.05, 4.69) is 5.32 Å². The Balaban J connectivity index is 1.29. The van der Waals surface area contributed by atoms with E-state index >= 15 is 4.79 Å². The molecule has 1 saturated heterocycles. The Hall–Kier alpha value is -6.12. The summed E-state index contributed by atoms with van der Waals surface area (Å²) in [6, 6.07) is 23.1. The molecule has 1 aliphatic heterocycles. The van der Waals surface area contributed by atoms with E-state index in [4.69, 9.17) is 37.9 Å². The van der Waals surface area contributed by atoms with Crippen LogP contribution >= 0.6 is 11.8 Å². The number of ketones is 1. The normalized spacial score (nSPS) is 28.7. The van der Waals surface area contributed by atoms with E-state index in [1.807, 2.05) is 6.26 Å². The third-order valence-corrected chi connectivity index (χ3v) is 15.6. The zero-order valence-electron chi connectivity index (χ0n) is 41.9. The van der Waals surface area contributed by atoms with E-state index in [1.165, 1.54) is 19.1 Å². The van der Waals surface area contributed by atoms with Crippen molar-refractivity contribution in [3.05, 3.63) is 119 Å². The number of hydrogen-bond donors (Lipinski definition) is 3. The lowest BCUT2D eigenvalue weighted by atomic mass is 9.43. The highest BCUT2D eigenvalue weighted by Crippen LogP contribution is 2.65. The third kappa shape index (κ3) is 10.8. The number of rotatable bonds is 18. The largest absolute Gasteiger partial charge is 0.511 e. The number of Topliss-reactive ketones (excluding diaryl/α,β-unsaturated/α-hetero) is 1. The minimum atomic E-state index is -2.34. The Kier molecular flexibility index (Phi) is 16.9. The number of aliphatic hydroxyl groups is 2. The van der Waals surface area contributed by atoms with Crippen LogP contribution in [0.4, 0.5) is 4.79 Å². The second-order valence-corrected chi connectivity index (χ2v) is 20.5. The first-order valence-electron chi connectivity index (χ1n) is 24.1. The van der Waals surface area contributed by atoms with Crippen LogP contribution in [0.1, 0.15) is 93.1 Å². The summed E-state index contributed by atoms with van der Waals surface area (Å²) < 4.78 is 46.7. The summed E-state index contributed by atoms with van der Waals surface area (Å²) in [5.41, 5.74) is -6.32. The van der Waals surface area contributed by atoms with Crippen LogP contribution in [-0.2, 0) is 57.1 Å². The Bertz CT molecular complexity index is 2560. The fraction of sp³-hybridized carbons (Fsp3) is 0.500. The van der Waals surface area contributed by atoms with Gasteiger partial charge in [-0.1, -0.05) is 87.5 Å². The summed E-state index contributed by atoms with van der Waals surface area (Å²) in [5, 5.41) is 28.6. The predicted octanol–water partition coefficient (Wildman–Crippen LogP) is 5.87. The summed E-state index contributed by atoms with van der Waals surface area (Å²) in [4.78, 5) is 97.8. The number of esters is 4. The molecule has 0 radical (unpaired) electrons. The van der Waals surface area contributed by atoms with Crippen LogP contribution in [0, 0.1) is 22.7 Å². The first-order valence-corrected chi connectivity index (χ1v) is 25.5. The number of nitrogens with one attached hydrogen (secondary N) is 1. The van der Waals surface area contributed by atoms with Gasteiger partial charge in [0.2, 0.25) is 6.79 Å². The maximum absolute atomic E-state index is 15.9. The maximum Gasteiger partial charge on any atom is 0.511 e. The second-order valence-electron chi connectivity index (χ2n) is 19.6. The van der Waals surface area contributed by atoms with E-state index in [0.29, 0.717) is 17.7 Å². The SMILES string of the molecule is CSCCOCCC(=O)OCOC(=O)O[C@H]1CC2OC[C@@]2(OC(C)=O)[C@H]2[C@H](OC(=O)c3ccccc3)[C@]3(O)C[C@H](OC(=O)[C@H](O)[C@@H](NC(=O)c4ccccc4)c4ccccc4)C(C)=C([C@@H](C)C(=O)[C@]12C)C3(C)C. The molecule has 3 N–H and O–H groups in total. The second kappa shape index (κ2) is 22.6. The molecular weight excluding hydrogens is 967 g/mol. The summed E-state index contributed by atoms with van der Waals surface area (Å²) in [6.07, 6.45) is -8.10. The average Bonchev–Trinajstić information content (AvgIpc) is 3.36. The van der Waals surface area contributed by atoms with Gasteiger partial charge in [0.1, 0.15) is 35.8 Å². The molecular formula is C54H63NO17S. The smallest absolute Gasteiger partial charge is 0.456 e. The van der Waals surface area contributed by atoms with Crippen molar-refractivity contribution < 1.29 is 81.7 Å². The molecule has 1 heterocycles. The lowest BCUT2D eigenvalue weighted by molar-refractivity contribution is -0.345. The van der Waals surface area contributed by atoms with Crippen LogP contribution in [0.5, 0.6) is 0 Å². The predicted molar refractivity (Wildman–Crippen MR) is 261 cm³/mol. The number of aliphatic hydroxyl groups excluding tert-OH is 1. The van der Waals surface area contributed by atoms with Crippen LogP contribution in [0.2, 0.25) is 0 Å². The van der Waals surface area contributed by atoms with Gasteiger partial charge in [-0.05, 0) is 61.1 Å². The number of ether oxygens (including phenoxy) is 8. The highest BCUT2D eigenvalue weighted by molar-refractivity contribution is 7.98. The van der Waals surface area contributed by atoms with Gasteiger partial charge >= 0.3 is 30.0 Å². The van der Waals surface area contributed by atoms with Crippen molar-refractivity contribution in [1.82, 2.24) is 5.32 Å². The number of amides is 1. The lowest BCUT2D eigenvalue weighted by Gasteiger charge is -2.67. The lowest BCUT2D eigenvalue weighted by Crippen LogP contribution is -2.81. The van der Waals surface area contributed by atoms with Crippen molar-refractivity contribution in [1.29, 1.82) is 0 Å². The Labute approximate surface area is 427 Å². The molecule has 3 fully saturated rings. The van der Waals surface area contributed by atoms with Crippen LogP contribution in [-0.4, -0.2) is 132 Å². The number of thioether (sulfide) groups is 1. The quantitative estimate of drug-likeness (QED) is 0.0443. The van der Waals surface area contributed by atoms with Gasteiger partial charge in [-0.15, -0.1) is 0 Å². The number of benzene rings is 3. The molecule has 2 saturated carbocycles. The van der Waals surface area contributed by atoms with E-state index in [1.54, 1.807) is 118 Å². The molecule has 73 heavy (non-hydrogen) atoms. The zero-order chi connectivity index (χ0) is 52.9. The summed E-state index contributed by atoms with van der Waals surface area (Å²) >= 11 is 1.58. The summed E-state index contributed by atoms with van der Waals surface area (Å²) in [7, 11) is 0.